The molecule has 20 heteroatoms. The highest BCUT2D eigenvalue weighted by Crippen LogP contribution is 2.33. The minimum absolute atomic E-state index is 0.0703. The van der Waals surface area contributed by atoms with Gasteiger partial charge >= 0.3 is 47.8 Å². The predicted molar refractivity (Wildman–Crippen MR) is 190 cm³/mol. The van der Waals surface area contributed by atoms with Crippen molar-refractivity contribution in [3.05, 3.63) is 79.5 Å². The summed E-state index contributed by atoms with van der Waals surface area (Å²) >= 11 is 0. The summed E-state index contributed by atoms with van der Waals surface area (Å²) < 4.78 is 50.8. The van der Waals surface area contributed by atoms with E-state index in [1.54, 1.807) is 0 Å². The van der Waals surface area contributed by atoms with Gasteiger partial charge in [-0.25, -0.2) is 38.4 Å². The van der Waals surface area contributed by atoms with E-state index in [0.717, 1.165) is 36.4 Å². The molecule has 0 radical (unpaired) electrons. The Kier molecular flexibility index (Phi) is 14.2. The van der Waals surface area contributed by atoms with Gasteiger partial charge < -0.3 is 46.7 Å². The van der Waals surface area contributed by atoms with E-state index in [1.165, 1.54) is 41.5 Å². The number of carbonyl (C=O) groups excluding carboxylic acids is 8. The van der Waals surface area contributed by atoms with Gasteiger partial charge in [-0.1, -0.05) is 0 Å². The molecule has 0 aliphatic heterocycles. The number of benzene rings is 2. The van der Waals surface area contributed by atoms with Crippen LogP contribution in [0.5, 0.6) is 11.5 Å². The SMILES string of the molecule is CCOC(=O)C(=O)Oc1cc(C(C)OC(=O)C(=O)OC(C)c2cc(OC(=O)C(=O)OCC)cc3oc(C(=O)OCC)cc(=O)c23)c2c(=O)cc(C(=O)OCC)oc2c1. The van der Waals surface area contributed by atoms with Crippen molar-refractivity contribution in [2.45, 2.75) is 53.8 Å². The molecule has 0 aliphatic rings. The summed E-state index contributed by atoms with van der Waals surface area (Å²) in [5, 5.41) is -0.582. The van der Waals surface area contributed by atoms with E-state index in [1.807, 2.05) is 0 Å². The van der Waals surface area contributed by atoms with E-state index in [9.17, 15) is 47.9 Å². The van der Waals surface area contributed by atoms with Crippen LogP contribution in [-0.4, -0.2) is 74.2 Å². The normalized spacial score (nSPS) is 11.8. The van der Waals surface area contributed by atoms with Gasteiger partial charge in [-0.15, -0.1) is 0 Å². The minimum atomic E-state index is -1.65. The van der Waals surface area contributed by atoms with Gasteiger partial charge in [0.05, 0.1) is 37.2 Å². The molecule has 2 aromatic heterocycles. The second-order valence-corrected chi connectivity index (χ2v) is 11.5. The highest BCUT2D eigenvalue weighted by atomic mass is 16.6. The van der Waals surface area contributed by atoms with Crippen molar-refractivity contribution >= 4 is 69.7 Å². The van der Waals surface area contributed by atoms with Crippen molar-refractivity contribution in [3.63, 3.8) is 0 Å². The van der Waals surface area contributed by atoms with Crippen molar-refractivity contribution in [1.82, 2.24) is 0 Å². The third kappa shape index (κ3) is 10.1. The van der Waals surface area contributed by atoms with Crippen molar-refractivity contribution < 1.29 is 85.1 Å². The van der Waals surface area contributed by atoms with Crippen molar-refractivity contribution in [1.29, 1.82) is 0 Å². The van der Waals surface area contributed by atoms with Crippen LogP contribution in [0.25, 0.3) is 21.9 Å². The van der Waals surface area contributed by atoms with Crippen LogP contribution in [-0.2, 0) is 57.2 Å². The standard InChI is InChI=1S/C38H34O20/c1-7-49-31(41)27-15-23(39)29-21(11-19(13-25(29)57-27)55-35(45)33(43)51-9-3)17(5)53-37(47)38(48)54-18(6)22-12-20(56-36(46)34(44)52-10-4)14-26-30(22)24(40)16-28(58-26)32(42)50-8-2/h11-18H,7-10H2,1-6H3. The maximum atomic E-state index is 13.3. The van der Waals surface area contributed by atoms with E-state index in [-0.39, 0.29) is 59.5 Å². The first-order chi connectivity index (χ1) is 27.5. The number of hydrogen-bond donors (Lipinski definition) is 0. The summed E-state index contributed by atoms with van der Waals surface area (Å²) in [4.78, 5) is 126. The first-order valence-corrected chi connectivity index (χ1v) is 17.3. The fourth-order valence-corrected chi connectivity index (χ4v) is 5.17. The molecule has 0 saturated carbocycles. The van der Waals surface area contributed by atoms with E-state index < -0.39 is 93.8 Å². The van der Waals surface area contributed by atoms with E-state index >= 15 is 0 Å². The average molecular weight is 811 g/mol. The van der Waals surface area contributed by atoms with Crippen LogP contribution in [0.2, 0.25) is 0 Å². The maximum Gasteiger partial charge on any atom is 0.422 e. The van der Waals surface area contributed by atoms with Crippen LogP contribution >= 0.6 is 0 Å². The lowest BCUT2D eigenvalue weighted by Crippen LogP contribution is -2.25. The highest BCUT2D eigenvalue weighted by molar-refractivity contribution is 6.31. The third-order valence-corrected chi connectivity index (χ3v) is 7.54. The third-order valence-electron chi connectivity index (χ3n) is 7.54. The summed E-state index contributed by atoms with van der Waals surface area (Å²) in [7, 11) is 0. The number of rotatable bonds is 12. The minimum Gasteiger partial charge on any atom is -0.460 e. The lowest BCUT2D eigenvalue weighted by Gasteiger charge is -2.18. The van der Waals surface area contributed by atoms with Crippen LogP contribution in [0, 0.1) is 0 Å². The topological polar surface area (TPSA) is 271 Å². The Hall–Kier alpha value is -7.38. The Labute approximate surface area is 325 Å². The van der Waals surface area contributed by atoms with Gasteiger partial charge in [-0.2, -0.15) is 0 Å². The van der Waals surface area contributed by atoms with Crippen molar-refractivity contribution in [3.8, 4) is 11.5 Å². The van der Waals surface area contributed by atoms with Gasteiger partial charge in [-0.05, 0) is 53.7 Å². The number of hydrogen-bond acceptors (Lipinski definition) is 20. The zero-order valence-electron chi connectivity index (χ0n) is 31.6. The summed E-state index contributed by atoms with van der Waals surface area (Å²) in [6.07, 6.45) is -3.06. The fraction of sp³-hybridized carbons (Fsp3) is 0.316. The Bertz CT molecular complexity index is 2270. The number of ether oxygens (including phenoxy) is 8. The number of carbonyl (C=O) groups is 8. The van der Waals surface area contributed by atoms with Crippen LogP contribution < -0.4 is 20.3 Å². The quantitative estimate of drug-likeness (QED) is 0.0860. The Morgan fingerprint density at radius 2 is 0.828 bits per heavy atom. The lowest BCUT2D eigenvalue weighted by molar-refractivity contribution is -0.173. The molecular weight excluding hydrogens is 776 g/mol. The van der Waals surface area contributed by atoms with Crippen LogP contribution in [0.15, 0.2) is 54.8 Å². The molecule has 2 atom stereocenters. The zero-order chi connectivity index (χ0) is 42.8. The molecule has 0 fully saturated rings. The molecular formula is C38H34O20. The molecule has 4 aromatic rings. The monoisotopic (exact) mass is 810 g/mol. The largest absolute Gasteiger partial charge is 0.460 e. The number of esters is 8. The van der Waals surface area contributed by atoms with Crippen LogP contribution in [0.3, 0.4) is 0 Å². The Morgan fingerprint density at radius 1 is 0.483 bits per heavy atom. The molecule has 4 rings (SSSR count). The van der Waals surface area contributed by atoms with Gasteiger partial charge in [0.15, 0.2) is 10.9 Å². The molecule has 20 nitrogen and oxygen atoms in total. The summed E-state index contributed by atoms with van der Waals surface area (Å²) in [6.45, 7) is 7.85. The maximum absolute atomic E-state index is 13.3. The molecule has 2 aromatic carbocycles. The molecule has 0 N–H and O–H groups in total. The molecule has 0 saturated heterocycles. The number of fused-ring (bicyclic) bond motifs is 2. The summed E-state index contributed by atoms with van der Waals surface area (Å²) in [5.74, 6) is -13.0. The molecule has 2 unspecified atom stereocenters. The van der Waals surface area contributed by atoms with Gasteiger partial charge in [0.25, 0.3) is 0 Å². The molecule has 0 spiro atoms. The Balaban J connectivity index is 1.69. The molecule has 306 valence electrons. The van der Waals surface area contributed by atoms with E-state index in [2.05, 4.69) is 9.47 Å². The lowest BCUT2D eigenvalue weighted by atomic mass is 10.0. The first-order valence-electron chi connectivity index (χ1n) is 17.3. The van der Waals surface area contributed by atoms with Gasteiger partial charge in [0.2, 0.25) is 11.5 Å². The fourth-order valence-electron chi connectivity index (χ4n) is 5.17. The smallest absolute Gasteiger partial charge is 0.422 e. The van der Waals surface area contributed by atoms with Crippen molar-refractivity contribution in [2.75, 3.05) is 26.4 Å². The average Bonchev–Trinajstić information content (AvgIpc) is 3.17. The molecule has 0 aliphatic carbocycles. The first kappa shape index (κ1) is 43.3. The molecule has 0 amide bonds. The second-order valence-electron chi connectivity index (χ2n) is 11.5. The predicted octanol–water partition coefficient (Wildman–Crippen LogP) is 3.10. The van der Waals surface area contributed by atoms with E-state index in [0.29, 0.717) is 0 Å². The van der Waals surface area contributed by atoms with Crippen LogP contribution in [0.1, 0.15) is 86.0 Å². The summed E-state index contributed by atoms with van der Waals surface area (Å²) in [6, 6.07) is 5.66. The molecule has 58 heavy (non-hydrogen) atoms. The van der Waals surface area contributed by atoms with Gasteiger partial charge in [0, 0.05) is 35.4 Å². The second kappa shape index (κ2) is 19.0. The highest BCUT2D eigenvalue weighted by Gasteiger charge is 2.30. The Morgan fingerprint density at radius 3 is 1.16 bits per heavy atom. The molecule has 0 bridgehead atoms. The van der Waals surface area contributed by atoms with Gasteiger partial charge in [-0.3, -0.25) is 9.59 Å². The van der Waals surface area contributed by atoms with Crippen molar-refractivity contribution in [2.24, 2.45) is 0 Å². The summed E-state index contributed by atoms with van der Waals surface area (Å²) in [5.41, 5.74) is -2.89. The zero-order valence-corrected chi connectivity index (χ0v) is 31.6. The van der Waals surface area contributed by atoms with Crippen LogP contribution in [0.4, 0.5) is 0 Å². The molecule has 2 heterocycles. The van der Waals surface area contributed by atoms with Gasteiger partial charge in [0.1, 0.15) is 34.9 Å². The van der Waals surface area contributed by atoms with E-state index in [4.69, 9.17) is 37.3 Å².